The minimum Gasteiger partial charge on any atom is -0.309 e. The van der Waals surface area contributed by atoms with Crippen LogP contribution < -0.4 is 0 Å². The Kier molecular flexibility index (Phi) is 9.46. The number of alkyl halides is 3. The Bertz CT molecular complexity index is 3870. The molecule has 0 N–H and O–H groups in total. The summed E-state index contributed by atoms with van der Waals surface area (Å²) in [6.07, 6.45) is -4.62. The molecular formula is C59H37F3N4. The molecule has 0 spiro atoms. The van der Waals surface area contributed by atoms with Gasteiger partial charge in [0.15, 0.2) is 0 Å². The molecule has 314 valence electrons. The van der Waals surface area contributed by atoms with E-state index in [0.29, 0.717) is 27.8 Å². The topological polar surface area (TPSA) is 57.4 Å². The fourth-order valence-corrected chi connectivity index (χ4v) is 9.78. The van der Waals surface area contributed by atoms with Crippen molar-refractivity contribution in [3.05, 3.63) is 216 Å². The number of hydrogen-bond donors (Lipinski definition) is 0. The number of para-hydroxylation sites is 2. The van der Waals surface area contributed by atoms with Gasteiger partial charge in [0.25, 0.3) is 0 Å². The van der Waals surface area contributed by atoms with Crippen molar-refractivity contribution in [3.8, 4) is 68.0 Å². The first-order valence-corrected chi connectivity index (χ1v) is 21.6. The molecule has 2 aromatic heterocycles. The number of aromatic nitrogens is 2. The Morgan fingerprint density at radius 2 is 0.909 bits per heavy atom. The highest BCUT2D eigenvalue weighted by Gasteiger charge is 2.31. The summed E-state index contributed by atoms with van der Waals surface area (Å²) in [5.74, 6) is 0. The molecule has 0 bridgehead atoms. The number of rotatable bonds is 6. The van der Waals surface area contributed by atoms with E-state index in [1.165, 1.54) is 11.6 Å². The van der Waals surface area contributed by atoms with Gasteiger partial charge >= 0.3 is 6.18 Å². The average Bonchev–Trinajstić information content (AvgIpc) is 3.85. The average molecular weight is 859 g/mol. The second kappa shape index (κ2) is 15.6. The smallest absolute Gasteiger partial charge is 0.309 e. The van der Waals surface area contributed by atoms with E-state index in [1.807, 2.05) is 84.9 Å². The third kappa shape index (κ3) is 6.52. The SMILES string of the molecule is Cc1ccccc1-c1ccc2c(c1)c1ccccc1n2-c1ccc(C#N)c(-c2cc(-c3ccc(C(F)(F)F)cc3C#N)ccc2-n2c3ccccc3c3cc(-c4ccccc4C)ccc32)c1. The molecule has 11 aromatic rings. The van der Waals surface area contributed by atoms with Crippen molar-refractivity contribution in [1.82, 2.24) is 9.13 Å². The third-order valence-corrected chi connectivity index (χ3v) is 12.9. The first kappa shape index (κ1) is 40.1. The second-order valence-corrected chi connectivity index (χ2v) is 16.7. The molecule has 0 aliphatic carbocycles. The van der Waals surface area contributed by atoms with Crippen LogP contribution in [0.15, 0.2) is 188 Å². The van der Waals surface area contributed by atoms with Crippen molar-refractivity contribution in [3.63, 3.8) is 0 Å². The zero-order valence-corrected chi connectivity index (χ0v) is 35.8. The van der Waals surface area contributed by atoms with Gasteiger partial charge in [0.05, 0.1) is 56.6 Å². The highest BCUT2D eigenvalue weighted by atomic mass is 19.4. The van der Waals surface area contributed by atoms with Crippen molar-refractivity contribution < 1.29 is 13.2 Å². The Labute approximate surface area is 378 Å². The molecular weight excluding hydrogens is 822 g/mol. The first-order chi connectivity index (χ1) is 32.1. The van der Waals surface area contributed by atoms with Gasteiger partial charge in [0, 0.05) is 38.4 Å². The molecule has 0 amide bonds. The molecule has 0 aliphatic rings. The van der Waals surface area contributed by atoms with E-state index in [9.17, 15) is 23.7 Å². The molecule has 4 nitrogen and oxygen atoms in total. The van der Waals surface area contributed by atoms with Crippen LogP contribution in [0.5, 0.6) is 0 Å². The van der Waals surface area contributed by atoms with Crippen molar-refractivity contribution in [2.75, 3.05) is 0 Å². The number of nitriles is 2. The summed E-state index contributed by atoms with van der Waals surface area (Å²) in [5.41, 5.74) is 13.9. The minimum atomic E-state index is -4.62. The van der Waals surface area contributed by atoms with Crippen molar-refractivity contribution in [1.29, 1.82) is 10.5 Å². The molecule has 0 unspecified atom stereocenters. The molecule has 66 heavy (non-hydrogen) atoms. The van der Waals surface area contributed by atoms with Gasteiger partial charge in [0.1, 0.15) is 0 Å². The lowest BCUT2D eigenvalue weighted by molar-refractivity contribution is -0.137. The van der Waals surface area contributed by atoms with Gasteiger partial charge in [-0.3, -0.25) is 0 Å². The van der Waals surface area contributed by atoms with E-state index in [-0.39, 0.29) is 5.56 Å². The quantitative estimate of drug-likeness (QED) is 0.167. The van der Waals surface area contributed by atoms with Crippen LogP contribution in [0, 0.1) is 36.5 Å². The Morgan fingerprint density at radius 3 is 1.50 bits per heavy atom. The summed E-state index contributed by atoms with van der Waals surface area (Å²) in [5, 5.41) is 25.4. The lowest BCUT2D eigenvalue weighted by Crippen LogP contribution is -2.05. The van der Waals surface area contributed by atoms with Gasteiger partial charge in [-0.1, -0.05) is 109 Å². The van der Waals surface area contributed by atoms with E-state index in [4.69, 9.17) is 0 Å². The van der Waals surface area contributed by atoms with E-state index < -0.39 is 11.7 Å². The summed E-state index contributed by atoms with van der Waals surface area (Å²) >= 11 is 0. The van der Waals surface area contributed by atoms with Gasteiger partial charge in [0.2, 0.25) is 0 Å². The largest absolute Gasteiger partial charge is 0.416 e. The Hall–Kier alpha value is -8.65. The van der Waals surface area contributed by atoms with Crippen LogP contribution in [0.3, 0.4) is 0 Å². The van der Waals surface area contributed by atoms with Crippen LogP contribution in [0.4, 0.5) is 13.2 Å². The molecule has 2 heterocycles. The van der Waals surface area contributed by atoms with Gasteiger partial charge in [-0.2, -0.15) is 23.7 Å². The zero-order valence-electron chi connectivity index (χ0n) is 35.8. The summed E-state index contributed by atoms with van der Waals surface area (Å²) in [6.45, 7) is 4.22. The predicted molar refractivity (Wildman–Crippen MR) is 261 cm³/mol. The van der Waals surface area contributed by atoms with Crippen molar-refractivity contribution in [2.45, 2.75) is 20.0 Å². The summed E-state index contributed by atoms with van der Waals surface area (Å²) in [6, 6.07) is 65.5. The fraction of sp³-hybridized carbons (Fsp3) is 0.0508. The molecule has 11 rings (SSSR count). The summed E-state index contributed by atoms with van der Waals surface area (Å²) in [7, 11) is 0. The number of nitrogens with zero attached hydrogens (tertiary/aromatic N) is 4. The first-order valence-electron chi connectivity index (χ1n) is 21.6. The number of halogens is 3. The maximum Gasteiger partial charge on any atom is 0.416 e. The van der Waals surface area contributed by atoms with Crippen molar-refractivity contribution in [2.24, 2.45) is 0 Å². The number of fused-ring (bicyclic) bond motifs is 6. The fourth-order valence-electron chi connectivity index (χ4n) is 9.78. The van der Waals surface area contributed by atoms with Crippen molar-refractivity contribution >= 4 is 43.6 Å². The molecule has 0 atom stereocenters. The van der Waals surface area contributed by atoms with E-state index in [2.05, 4.69) is 120 Å². The second-order valence-electron chi connectivity index (χ2n) is 16.7. The van der Waals surface area contributed by atoms with Gasteiger partial charge in [-0.15, -0.1) is 0 Å². The van der Waals surface area contributed by atoms with Crippen LogP contribution in [-0.4, -0.2) is 9.13 Å². The summed E-state index contributed by atoms with van der Waals surface area (Å²) in [4.78, 5) is 0. The van der Waals surface area contributed by atoms with Gasteiger partial charge in [-0.25, -0.2) is 0 Å². The lowest BCUT2D eigenvalue weighted by Gasteiger charge is -2.19. The van der Waals surface area contributed by atoms with E-state index in [1.54, 1.807) is 0 Å². The highest BCUT2D eigenvalue weighted by Crippen LogP contribution is 2.43. The van der Waals surface area contributed by atoms with Crippen LogP contribution in [0.2, 0.25) is 0 Å². The van der Waals surface area contributed by atoms with E-state index >= 15 is 0 Å². The standard InChI is InChI=1S/C59H37F3N4/c1-36-11-3-5-13-45(36)38-20-26-56-51(30-38)48-15-7-9-17-54(48)65(56)44-24-19-41(34-63)50(33-44)53-32-40(47-25-23-43(59(60,61)62)29-42(47)35-64)22-28-58(53)66-55-18-10-8-16-49(55)52-31-39(21-27-57(52)66)46-14-6-4-12-37(46)2/h3-33H,1-2H3. The molecule has 9 aromatic carbocycles. The maximum atomic E-state index is 13.9. The molecule has 0 fully saturated rings. The van der Waals surface area contributed by atoms with E-state index in [0.717, 1.165) is 94.9 Å². The van der Waals surface area contributed by atoms with Gasteiger partial charge in [-0.05, 0) is 137 Å². The van der Waals surface area contributed by atoms with Crippen LogP contribution >= 0.6 is 0 Å². The lowest BCUT2D eigenvalue weighted by atomic mass is 9.91. The monoisotopic (exact) mass is 858 g/mol. The molecule has 0 radical (unpaired) electrons. The Balaban J connectivity index is 1.18. The summed E-state index contributed by atoms with van der Waals surface area (Å²) < 4.78 is 46.2. The molecule has 7 heteroatoms. The normalized spacial score (nSPS) is 11.7. The third-order valence-electron chi connectivity index (χ3n) is 12.9. The zero-order chi connectivity index (χ0) is 45.3. The van der Waals surface area contributed by atoms with Crippen LogP contribution in [0.1, 0.15) is 27.8 Å². The number of aryl methyl sites for hydroxylation is 2. The predicted octanol–water partition coefficient (Wildman–Crippen LogP) is 15.9. The van der Waals surface area contributed by atoms with Gasteiger partial charge < -0.3 is 9.13 Å². The molecule has 0 aliphatic heterocycles. The number of hydrogen-bond acceptors (Lipinski definition) is 2. The van der Waals surface area contributed by atoms with Crippen LogP contribution in [-0.2, 0) is 6.18 Å². The minimum absolute atomic E-state index is 0.103. The highest BCUT2D eigenvalue weighted by molar-refractivity contribution is 6.12. The molecule has 0 saturated carbocycles. The number of benzene rings is 9. The maximum absolute atomic E-state index is 13.9. The molecule has 0 saturated heterocycles. The van der Waals surface area contributed by atoms with Crippen LogP contribution in [0.25, 0.3) is 99.5 Å². The Morgan fingerprint density at radius 1 is 0.394 bits per heavy atom.